The quantitative estimate of drug-likeness (QED) is 0.700. The fourth-order valence-corrected chi connectivity index (χ4v) is 7.05. The average Bonchev–Trinajstić information content (AvgIpc) is 3.24. The largest absolute Gasteiger partial charge is 0.373 e. The molecule has 2 aliphatic heterocycles. The lowest BCUT2D eigenvalue weighted by Crippen LogP contribution is -2.59. The second kappa shape index (κ2) is 8.77. The first-order valence-electron chi connectivity index (χ1n) is 11.2. The number of benzene rings is 1. The molecule has 0 radical (unpaired) electrons. The van der Waals surface area contributed by atoms with Crippen LogP contribution in [0, 0.1) is 5.82 Å². The van der Waals surface area contributed by atoms with Crippen molar-refractivity contribution in [1.29, 1.82) is 0 Å². The third-order valence-electron chi connectivity index (χ3n) is 6.81. The molecule has 1 amide bonds. The topological polar surface area (TPSA) is 70.2 Å². The molecule has 3 fully saturated rings. The minimum absolute atomic E-state index is 0.00117. The number of hydrogen-bond donors (Lipinski definition) is 0. The van der Waals surface area contributed by atoms with Gasteiger partial charge in [0.25, 0.3) is 10.2 Å². The van der Waals surface area contributed by atoms with Crippen molar-refractivity contribution in [1.82, 2.24) is 13.5 Å². The summed E-state index contributed by atoms with van der Waals surface area (Å²) in [4.78, 5) is 15.4. The number of carbonyl (C=O) groups excluding carboxylic acids is 1. The Morgan fingerprint density at radius 1 is 1.03 bits per heavy atom. The van der Waals surface area contributed by atoms with Crippen molar-refractivity contribution in [3.05, 3.63) is 35.6 Å². The van der Waals surface area contributed by atoms with E-state index in [4.69, 9.17) is 4.74 Å². The molecule has 172 valence electrons. The lowest BCUT2D eigenvalue weighted by Gasteiger charge is -2.42. The van der Waals surface area contributed by atoms with Crippen LogP contribution in [0.25, 0.3) is 0 Å². The predicted octanol–water partition coefficient (Wildman–Crippen LogP) is 2.14. The van der Waals surface area contributed by atoms with Gasteiger partial charge in [0.1, 0.15) is 5.82 Å². The number of carbonyl (C=O) groups is 1. The molecule has 0 aromatic heterocycles. The maximum Gasteiger partial charge on any atom is 0.282 e. The molecule has 9 heteroatoms. The van der Waals surface area contributed by atoms with E-state index in [1.165, 1.54) is 20.7 Å². The number of halogens is 1. The Hall–Kier alpha value is -1.55. The van der Waals surface area contributed by atoms with Crippen LogP contribution in [0.5, 0.6) is 0 Å². The third-order valence-corrected chi connectivity index (χ3v) is 8.78. The van der Waals surface area contributed by atoms with Crippen molar-refractivity contribution < 1.29 is 22.3 Å². The molecule has 2 atom stereocenters. The van der Waals surface area contributed by atoms with Gasteiger partial charge in [-0.15, -0.1) is 0 Å². The summed E-state index contributed by atoms with van der Waals surface area (Å²) in [6.45, 7) is 5.68. The highest BCUT2D eigenvalue weighted by atomic mass is 32.2. The van der Waals surface area contributed by atoms with Gasteiger partial charge in [-0.25, -0.2) is 4.39 Å². The summed E-state index contributed by atoms with van der Waals surface area (Å²) in [5.74, 6) is -0.331. The highest BCUT2D eigenvalue weighted by Crippen LogP contribution is 2.43. The van der Waals surface area contributed by atoms with Crippen LogP contribution in [0.2, 0.25) is 0 Å². The summed E-state index contributed by atoms with van der Waals surface area (Å²) in [5.41, 5.74) is 0.0411. The van der Waals surface area contributed by atoms with Gasteiger partial charge >= 0.3 is 0 Å². The second-order valence-corrected chi connectivity index (χ2v) is 11.0. The van der Waals surface area contributed by atoms with Gasteiger partial charge in [0.15, 0.2) is 0 Å². The molecular formula is C22H32FN3O4S. The highest BCUT2D eigenvalue weighted by Gasteiger charge is 2.46. The summed E-state index contributed by atoms with van der Waals surface area (Å²) < 4.78 is 48.8. The van der Waals surface area contributed by atoms with Gasteiger partial charge in [-0.3, -0.25) is 4.79 Å². The summed E-state index contributed by atoms with van der Waals surface area (Å²) in [6, 6.07) is 6.37. The summed E-state index contributed by atoms with van der Waals surface area (Å²) in [5, 5.41) is 0. The van der Waals surface area contributed by atoms with Gasteiger partial charge in [0.2, 0.25) is 5.91 Å². The Morgan fingerprint density at radius 3 is 2.23 bits per heavy atom. The molecule has 2 unspecified atom stereocenters. The van der Waals surface area contributed by atoms with Gasteiger partial charge in [0, 0.05) is 39.3 Å². The van der Waals surface area contributed by atoms with Crippen molar-refractivity contribution in [2.75, 3.05) is 39.3 Å². The van der Waals surface area contributed by atoms with E-state index in [0.717, 1.165) is 18.4 Å². The van der Waals surface area contributed by atoms with Crippen LogP contribution in [0.3, 0.4) is 0 Å². The van der Waals surface area contributed by atoms with Gasteiger partial charge in [-0.05, 0) is 44.4 Å². The average molecular weight is 454 g/mol. The van der Waals surface area contributed by atoms with Crippen LogP contribution >= 0.6 is 0 Å². The van der Waals surface area contributed by atoms with Crippen LogP contribution in [-0.4, -0.2) is 79.3 Å². The first-order valence-corrected chi connectivity index (χ1v) is 12.6. The number of rotatable bonds is 4. The van der Waals surface area contributed by atoms with Crippen molar-refractivity contribution in [2.45, 2.75) is 57.2 Å². The van der Waals surface area contributed by atoms with Gasteiger partial charge in [-0.1, -0.05) is 25.0 Å². The van der Waals surface area contributed by atoms with Crippen LogP contribution < -0.4 is 0 Å². The number of amides is 1. The van der Waals surface area contributed by atoms with Crippen LogP contribution in [0.1, 0.15) is 45.1 Å². The zero-order valence-corrected chi connectivity index (χ0v) is 19.1. The lowest BCUT2D eigenvalue weighted by atomic mass is 9.77. The molecule has 1 aromatic rings. The molecule has 7 nitrogen and oxygen atoms in total. The molecule has 1 aromatic carbocycles. The molecule has 1 saturated carbocycles. The Morgan fingerprint density at radius 2 is 1.65 bits per heavy atom. The Labute approximate surface area is 184 Å². The Bertz CT molecular complexity index is 901. The number of morpholine rings is 1. The van der Waals surface area contributed by atoms with E-state index in [2.05, 4.69) is 0 Å². The molecule has 4 rings (SSSR count). The zero-order chi connectivity index (χ0) is 22.2. The van der Waals surface area contributed by atoms with Crippen LogP contribution in [-0.2, 0) is 25.2 Å². The number of nitrogens with zero attached hydrogens (tertiary/aromatic N) is 3. The van der Waals surface area contributed by atoms with Crippen LogP contribution in [0.4, 0.5) is 4.39 Å². The minimum Gasteiger partial charge on any atom is -0.373 e. The monoisotopic (exact) mass is 453 g/mol. The molecule has 3 aliphatic rings. The lowest BCUT2D eigenvalue weighted by molar-refractivity contribution is -0.138. The maximum absolute atomic E-state index is 13.9. The van der Waals surface area contributed by atoms with E-state index in [9.17, 15) is 17.6 Å². The fraction of sp³-hybridized carbons (Fsp3) is 0.682. The van der Waals surface area contributed by atoms with E-state index in [1.54, 1.807) is 11.0 Å². The van der Waals surface area contributed by atoms with Crippen molar-refractivity contribution in [2.24, 2.45) is 0 Å². The zero-order valence-electron chi connectivity index (χ0n) is 18.3. The van der Waals surface area contributed by atoms with Crippen molar-refractivity contribution in [3.63, 3.8) is 0 Å². The Balaban J connectivity index is 1.46. The first kappa shape index (κ1) is 22.6. The van der Waals surface area contributed by atoms with E-state index in [-0.39, 0.29) is 37.0 Å². The SMILES string of the molecule is CC1CN(S(=O)(=O)N2CCN(C(=O)C3(c4cccc(F)c4)CCCC3)CC2)CC(C)O1. The molecule has 1 aliphatic carbocycles. The van der Waals surface area contributed by atoms with Crippen molar-refractivity contribution in [3.8, 4) is 0 Å². The normalized spacial score (nSPS) is 28.0. The highest BCUT2D eigenvalue weighted by molar-refractivity contribution is 7.86. The number of hydrogen-bond acceptors (Lipinski definition) is 4. The molecule has 0 N–H and O–H groups in total. The van der Waals surface area contributed by atoms with E-state index < -0.39 is 15.6 Å². The van der Waals surface area contributed by atoms with E-state index >= 15 is 0 Å². The van der Waals surface area contributed by atoms with Gasteiger partial charge in [-0.2, -0.15) is 17.0 Å². The van der Waals surface area contributed by atoms with E-state index in [0.29, 0.717) is 39.0 Å². The standard InChI is InChI=1S/C22H32FN3O4S/c1-17-15-26(16-18(2)30-17)31(28,29)25-12-10-24(11-13-25)21(27)22(8-3-4-9-22)19-6-5-7-20(23)14-19/h5-7,14,17-18H,3-4,8-13,15-16H2,1-2H3. The smallest absolute Gasteiger partial charge is 0.282 e. The van der Waals surface area contributed by atoms with Gasteiger partial charge in [0.05, 0.1) is 17.6 Å². The summed E-state index contributed by atoms with van der Waals surface area (Å²) in [6.07, 6.45) is 2.99. The Kier molecular flexibility index (Phi) is 6.40. The number of ether oxygens (including phenoxy) is 1. The second-order valence-electron chi connectivity index (χ2n) is 9.07. The maximum atomic E-state index is 13.9. The molecule has 2 heterocycles. The van der Waals surface area contributed by atoms with Gasteiger partial charge < -0.3 is 9.64 Å². The summed E-state index contributed by atoms with van der Waals surface area (Å²) in [7, 11) is -3.59. The first-order chi connectivity index (χ1) is 14.7. The molecular weight excluding hydrogens is 421 g/mol. The molecule has 0 bridgehead atoms. The van der Waals surface area contributed by atoms with Crippen molar-refractivity contribution >= 4 is 16.1 Å². The predicted molar refractivity (Wildman–Crippen MR) is 115 cm³/mol. The molecule has 0 spiro atoms. The molecule has 31 heavy (non-hydrogen) atoms. The van der Waals surface area contributed by atoms with E-state index in [1.807, 2.05) is 19.9 Å². The third kappa shape index (κ3) is 4.37. The molecule has 2 saturated heterocycles. The fourth-order valence-electron chi connectivity index (χ4n) is 5.30. The minimum atomic E-state index is -3.59. The van der Waals surface area contributed by atoms with Crippen LogP contribution in [0.15, 0.2) is 24.3 Å². The summed E-state index contributed by atoms with van der Waals surface area (Å²) >= 11 is 0. The number of piperazine rings is 1.